The lowest BCUT2D eigenvalue weighted by atomic mass is 10.1. The number of hydrogen-bond donors (Lipinski definition) is 2. The first-order chi connectivity index (χ1) is 8.34. The lowest BCUT2D eigenvalue weighted by Gasteiger charge is -2.18. The summed E-state index contributed by atoms with van der Waals surface area (Å²) in [7, 11) is 0. The Morgan fingerprint density at radius 1 is 1.22 bits per heavy atom. The van der Waals surface area contributed by atoms with Crippen LogP contribution in [0.15, 0.2) is 24.3 Å². The van der Waals surface area contributed by atoms with Gasteiger partial charge in [-0.3, -0.25) is 0 Å². The second-order valence-electron chi connectivity index (χ2n) is 3.97. The van der Waals surface area contributed by atoms with E-state index in [1.54, 1.807) is 0 Å². The fraction of sp³-hybridized carbons (Fsp3) is 0.500. The van der Waals surface area contributed by atoms with Crippen LogP contribution in [0.25, 0.3) is 0 Å². The summed E-state index contributed by atoms with van der Waals surface area (Å²) in [5.74, 6) is 0. The lowest BCUT2D eigenvalue weighted by Crippen LogP contribution is -2.29. The number of benzene rings is 1. The molecule has 0 aliphatic rings. The molecule has 1 rings (SSSR count). The molecule has 0 unspecified atom stereocenters. The lowest BCUT2D eigenvalue weighted by molar-refractivity contribution is -0.137. The van der Waals surface area contributed by atoms with Crippen molar-refractivity contribution >= 4 is 0 Å². The van der Waals surface area contributed by atoms with Gasteiger partial charge in [-0.05, 0) is 24.6 Å². The Balaban J connectivity index is 2.59. The zero-order valence-corrected chi connectivity index (χ0v) is 9.81. The minimum absolute atomic E-state index is 0.0360. The highest BCUT2D eigenvalue weighted by atomic mass is 19.4. The van der Waals surface area contributed by atoms with Gasteiger partial charge in [0.2, 0.25) is 0 Å². The van der Waals surface area contributed by atoms with E-state index in [-0.39, 0.29) is 13.2 Å². The van der Waals surface area contributed by atoms with Crippen LogP contribution >= 0.6 is 0 Å². The van der Waals surface area contributed by atoms with Crippen LogP contribution in [0.4, 0.5) is 13.2 Å². The van der Waals surface area contributed by atoms with Crippen LogP contribution < -0.4 is 0 Å². The van der Waals surface area contributed by atoms with Gasteiger partial charge in [-0.1, -0.05) is 12.1 Å². The maximum Gasteiger partial charge on any atom is 0.416 e. The summed E-state index contributed by atoms with van der Waals surface area (Å²) in [6.45, 7) is 1.15. The first kappa shape index (κ1) is 14.9. The van der Waals surface area contributed by atoms with Gasteiger partial charge in [-0.2, -0.15) is 13.2 Å². The Hall–Kier alpha value is -1.11. The van der Waals surface area contributed by atoms with Crippen molar-refractivity contribution in [1.82, 2.24) is 0 Å². The van der Waals surface area contributed by atoms with E-state index in [1.807, 2.05) is 0 Å². The molecular weight excluding hydrogens is 249 g/mol. The van der Waals surface area contributed by atoms with E-state index in [1.165, 1.54) is 19.1 Å². The summed E-state index contributed by atoms with van der Waals surface area (Å²) in [4.78, 5) is 0. The first-order valence-electron chi connectivity index (χ1n) is 5.41. The maximum absolute atomic E-state index is 12.3. The quantitative estimate of drug-likeness (QED) is 0.854. The molecule has 0 saturated heterocycles. The van der Waals surface area contributed by atoms with Crippen LogP contribution in [0.3, 0.4) is 0 Å². The molecule has 102 valence electrons. The smallest absolute Gasteiger partial charge is 0.394 e. The fourth-order valence-electron chi connectivity index (χ4n) is 1.34. The molecule has 2 atom stereocenters. The van der Waals surface area contributed by atoms with Crippen molar-refractivity contribution in [3.8, 4) is 0 Å². The maximum atomic E-state index is 12.3. The molecule has 18 heavy (non-hydrogen) atoms. The normalized spacial score (nSPS) is 15.4. The van der Waals surface area contributed by atoms with E-state index in [0.29, 0.717) is 5.56 Å². The van der Waals surface area contributed by atoms with Crippen LogP contribution in [-0.2, 0) is 17.5 Å². The number of halogens is 3. The Labute approximate surface area is 103 Å². The number of rotatable bonds is 5. The molecule has 0 aliphatic heterocycles. The van der Waals surface area contributed by atoms with Crippen LogP contribution in [0.2, 0.25) is 0 Å². The largest absolute Gasteiger partial charge is 0.416 e. The van der Waals surface area contributed by atoms with Crippen LogP contribution in [0.5, 0.6) is 0 Å². The van der Waals surface area contributed by atoms with E-state index in [9.17, 15) is 18.3 Å². The molecule has 0 fully saturated rings. The molecular formula is C12H15F3O3. The molecule has 0 saturated carbocycles. The van der Waals surface area contributed by atoms with Crippen molar-refractivity contribution in [2.24, 2.45) is 0 Å². The van der Waals surface area contributed by atoms with Crippen molar-refractivity contribution < 1.29 is 28.1 Å². The molecule has 0 aliphatic carbocycles. The summed E-state index contributed by atoms with van der Waals surface area (Å²) < 4.78 is 42.1. The zero-order valence-electron chi connectivity index (χ0n) is 9.81. The molecule has 0 radical (unpaired) electrons. The average Bonchev–Trinajstić information content (AvgIpc) is 2.29. The number of hydrogen-bond acceptors (Lipinski definition) is 3. The summed E-state index contributed by atoms with van der Waals surface area (Å²) in [5.41, 5.74) is -0.178. The highest BCUT2D eigenvalue weighted by Crippen LogP contribution is 2.29. The second kappa shape index (κ2) is 6.17. The summed E-state index contributed by atoms with van der Waals surface area (Å²) in [6.07, 6.45) is -5.94. The molecule has 0 bridgehead atoms. The Morgan fingerprint density at radius 3 is 2.17 bits per heavy atom. The van der Waals surface area contributed by atoms with Crippen molar-refractivity contribution in [2.45, 2.75) is 31.9 Å². The Morgan fingerprint density at radius 2 is 1.78 bits per heavy atom. The molecule has 6 heteroatoms. The SMILES string of the molecule is C[C@@H](O)[C@H](CO)OCc1ccc(C(F)(F)F)cc1. The van der Waals surface area contributed by atoms with Crippen molar-refractivity contribution in [3.05, 3.63) is 35.4 Å². The van der Waals surface area contributed by atoms with E-state index in [4.69, 9.17) is 9.84 Å². The third-order valence-corrected chi connectivity index (χ3v) is 2.46. The molecule has 1 aromatic carbocycles. The summed E-state index contributed by atoms with van der Waals surface area (Å²) >= 11 is 0. The molecule has 0 spiro atoms. The van der Waals surface area contributed by atoms with Gasteiger partial charge in [0.25, 0.3) is 0 Å². The van der Waals surface area contributed by atoms with E-state index in [2.05, 4.69) is 0 Å². The van der Waals surface area contributed by atoms with Gasteiger partial charge in [0.05, 0.1) is 24.9 Å². The van der Waals surface area contributed by atoms with E-state index >= 15 is 0 Å². The first-order valence-corrected chi connectivity index (χ1v) is 5.41. The van der Waals surface area contributed by atoms with Gasteiger partial charge >= 0.3 is 6.18 Å². The number of aliphatic hydroxyl groups is 2. The number of ether oxygens (including phenoxy) is 1. The molecule has 0 amide bonds. The van der Waals surface area contributed by atoms with Gasteiger partial charge < -0.3 is 14.9 Å². The Bertz CT molecular complexity index is 360. The van der Waals surface area contributed by atoms with Crippen LogP contribution in [0, 0.1) is 0 Å². The Kier molecular flexibility index (Phi) is 5.13. The summed E-state index contributed by atoms with van der Waals surface area (Å²) in [6, 6.07) is 4.54. The van der Waals surface area contributed by atoms with Crippen LogP contribution in [-0.4, -0.2) is 29.0 Å². The molecule has 3 nitrogen and oxygen atoms in total. The zero-order chi connectivity index (χ0) is 13.8. The second-order valence-corrected chi connectivity index (χ2v) is 3.97. The third kappa shape index (κ3) is 4.29. The van der Waals surface area contributed by atoms with Gasteiger partial charge in [-0.25, -0.2) is 0 Å². The van der Waals surface area contributed by atoms with E-state index < -0.39 is 23.9 Å². The minimum Gasteiger partial charge on any atom is -0.394 e. The molecule has 1 aromatic rings. The van der Waals surface area contributed by atoms with Crippen molar-refractivity contribution in [3.63, 3.8) is 0 Å². The van der Waals surface area contributed by atoms with Crippen LogP contribution in [0.1, 0.15) is 18.1 Å². The number of alkyl halides is 3. The number of aliphatic hydroxyl groups excluding tert-OH is 2. The fourth-order valence-corrected chi connectivity index (χ4v) is 1.34. The van der Waals surface area contributed by atoms with Crippen molar-refractivity contribution in [1.29, 1.82) is 0 Å². The predicted octanol–water partition coefficient (Wildman–Crippen LogP) is 1.96. The molecule has 0 heterocycles. The monoisotopic (exact) mass is 264 g/mol. The van der Waals surface area contributed by atoms with Gasteiger partial charge in [-0.15, -0.1) is 0 Å². The molecule has 0 aromatic heterocycles. The highest BCUT2D eigenvalue weighted by Gasteiger charge is 2.29. The third-order valence-electron chi connectivity index (χ3n) is 2.46. The highest BCUT2D eigenvalue weighted by molar-refractivity contribution is 5.24. The predicted molar refractivity (Wildman–Crippen MR) is 58.8 cm³/mol. The standard InChI is InChI=1S/C12H15F3O3/c1-8(17)11(6-16)18-7-9-2-4-10(5-3-9)12(13,14)15/h2-5,8,11,16-17H,6-7H2,1H3/t8-,11+/m1/s1. The van der Waals surface area contributed by atoms with Gasteiger partial charge in [0, 0.05) is 0 Å². The minimum atomic E-state index is -4.35. The van der Waals surface area contributed by atoms with Gasteiger partial charge in [0.1, 0.15) is 6.10 Å². The van der Waals surface area contributed by atoms with Gasteiger partial charge in [0.15, 0.2) is 0 Å². The summed E-state index contributed by atoms with van der Waals surface area (Å²) in [5, 5.41) is 18.1. The van der Waals surface area contributed by atoms with E-state index in [0.717, 1.165) is 12.1 Å². The average molecular weight is 264 g/mol. The molecule has 2 N–H and O–H groups in total. The van der Waals surface area contributed by atoms with Crippen molar-refractivity contribution in [2.75, 3.05) is 6.61 Å². The topological polar surface area (TPSA) is 49.7 Å².